The van der Waals surface area contributed by atoms with Crippen LogP contribution in [0, 0.1) is 0 Å². The van der Waals surface area contributed by atoms with Crippen molar-refractivity contribution < 1.29 is 8.42 Å². The van der Waals surface area contributed by atoms with Crippen LogP contribution in [0.25, 0.3) is 11.2 Å². The normalized spacial score (nSPS) is 22.6. The molecule has 0 amide bonds. The minimum absolute atomic E-state index is 0.0398. The number of nitrogen functional groups attached to an aromatic ring is 1. The summed E-state index contributed by atoms with van der Waals surface area (Å²) < 4.78 is 24.0. The Labute approximate surface area is 108 Å². The molecule has 4 N–H and O–H groups in total. The van der Waals surface area contributed by atoms with Gasteiger partial charge in [-0.3, -0.25) is 9.78 Å². The number of aromatic nitrogens is 4. The van der Waals surface area contributed by atoms with Crippen LogP contribution >= 0.6 is 0 Å². The highest BCUT2D eigenvalue weighted by Crippen LogP contribution is 2.32. The van der Waals surface area contributed by atoms with Crippen molar-refractivity contribution in [2.75, 3.05) is 11.5 Å². The van der Waals surface area contributed by atoms with E-state index in [0.29, 0.717) is 12.8 Å². The third kappa shape index (κ3) is 1.99. The van der Waals surface area contributed by atoms with Gasteiger partial charge >= 0.3 is 0 Å². The minimum atomic E-state index is -3.21. The van der Waals surface area contributed by atoms with Crippen LogP contribution in [0.1, 0.15) is 30.3 Å². The fourth-order valence-corrected chi connectivity index (χ4v) is 4.22. The molecule has 19 heavy (non-hydrogen) atoms. The van der Waals surface area contributed by atoms with Gasteiger partial charge in [0.2, 0.25) is 5.95 Å². The second kappa shape index (κ2) is 4.05. The molecule has 1 aliphatic heterocycles. The van der Waals surface area contributed by atoms with Gasteiger partial charge in [0, 0.05) is 0 Å². The molecule has 2 aromatic rings. The summed E-state index contributed by atoms with van der Waals surface area (Å²) in [6.45, 7) is 0. The largest absolute Gasteiger partial charge is 0.369 e. The fourth-order valence-electron chi connectivity index (χ4n) is 2.36. The van der Waals surface area contributed by atoms with E-state index in [1.54, 1.807) is 0 Å². The molecule has 9 heteroatoms. The molecule has 1 atom stereocenters. The van der Waals surface area contributed by atoms with E-state index in [1.165, 1.54) is 0 Å². The lowest BCUT2D eigenvalue weighted by molar-refractivity contribution is 0.540. The van der Waals surface area contributed by atoms with Gasteiger partial charge in [-0.25, -0.2) is 13.4 Å². The summed E-state index contributed by atoms with van der Waals surface area (Å²) in [5.41, 5.74) is 5.28. The zero-order valence-corrected chi connectivity index (χ0v) is 10.8. The quantitative estimate of drug-likeness (QED) is 0.667. The van der Waals surface area contributed by atoms with E-state index >= 15 is 0 Å². The van der Waals surface area contributed by atoms with Gasteiger partial charge in [-0.2, -0.15) is 4.98 Å². The molecular weight excluding hydrogens is 270 g/mol. The first-order valence-electron chi connectivity index (χ1n) is 5.94. The molecule has 8 nitrogen and oxygen atoms in total. The number of imidazole rings is 1. The Hall–Kier alpha value is -1.90. The molecular formula is C10H13N5O3S. The predicted molar refractivity (Wildman–Crippen MR) is 69.3 cm³/mol. The number of H-pyrrole nitrogens is 2. The fraction of sp³-hybridized carbons (Fsp3) is 0.500. The van der Waals surface area contributed by atoms with E-state index in [4.69, 9.17) is 5.73 Å². The summed E-state index contributed by atoms with van der Waals surface area (Å²) in [6.07, 6.45) is 2.01. The Balaban J connectivity index is 2.16. The highest BCUT2D eigenvalue weighted by atomic mass is 32.2. The maximum Gasteiger partial charge on any atom is 0.278 e. The predicted octanol–water partition coefficient (Wildman–Crippen LogP) is -0.132. The number of nitrogens with two attached hydrogens (primary N) is 1. The maximum atomic E-state index is 12.0. The smallest absolute Gasteiger partial charge is 0.278 e. The van der Waals surface area contributed by atoms with Gasteiger partial charge in [0.25, 0.3) is 5.56 Å². The van der Waals surface area contributed by atoms with Gasteiger partial charge in [-0.15, -0.1) is 0 Å². The van der Waals surface area contributed by atoms with Crippen LogP contribution in [-0.2, 0) is 9.84 Å². The van der Waals surface area contributed by atoms with Gasteiger partial charge in [0.1, 0.15) is 11.1 Å². The summed E-state index contributed by atoms with van der Waals surface area (Å²) in [6, 6.07) is 0. The van der Waals surface area contributed by atoms with E-state index in [2.05, 4.69) is 19.9 Å². The average Bonchev–Trinajstić information content (AvgIpc) is 2.72. The molecule has 3 heterocycles. The van der Waals surface area contributed by atoms with E-state index in [0.717, 1.165) is 6.42 Å². The molecule has 2 aromatic heterocycles. The second-order valence-electron chi connectivity index (χ2n) is 4.62. The topological polar surface area (TPSA) is 135 Å². The molecule has 102 valence electrons. The van der Waals surface area contributed by atoms with Crippen LogP contribution in [0.3, 0.4) is 0 Å². The lowest BCUT2D eigenvalue weighted by Gasteiger charge is -2.19. The average molecular weight is 283 g/mol. The molecule has 1 aliphatic rings. The number of fused-ring (bicyclic) bond motifs is 1. The van der Waals surface area contributed by atoms with Crippen molar-refractivity contribution in [1.29, 1.82) is 0 Å². The Morgan fingerprint density at radius 3 is 2.74 bits per heavy atom. The lowest BCUT2D eigenvalue weighted by atomic mass is 10.2. The number of sulfone groups is 1. The molecule has 1 saturated heterocycles. The summed E-state index contributed by atoms with van der Waals surface area (Å²) in [5.74, 6) is 0.390. The zero-order valence-electron chi connectivity index (χ0n) is 10.0. The van der Waals surface area contributed by atoms with Crippen LogP contribution in [0.2, 0.25) is 0 Å². The molecule has 0 aliphatic carbocycles. The Bertz CT molecular complexity index is 791. The molecule has 3 rings (SSSR count). The first kappa shape index (κ1) is 12.2. The van der Waals surface area contributed by atoms with Crippen LogP contribution in [-0.4, -0.2) is 34.1 Å². The summed E-state index contributed by atoms with van der Waals surface area (Å²) >= 11 is 0. The van der Waals surface area contributed by atoms with E-state index in [1.807, 2.05) is 0 Å². The molecule has 1 fully saturated rings. The third-order valence-electron chi connectivity index (χ3n) is 3.28. The number of hydrogen-bond donors (Lipinski definition) is 3. The van der Waals surface area contributed by atoms with Crippen molar-refractivity contribution >= 4 is 26.9 Å². The van der Waals surface area contributed by atoms with Gasteiger partial charge in [-0.05, 0) is 12.8 Å². The number of hydrogen-bond acceptors (Lipinski definition) is 6. The number of aromatic amines is 2. The Morgan fingerprint density at radius 2 is 2.00 bits per heavy atom. The van der Waals surface area contributed by atoms with E-state index in [9.17, 15) is 13.2 Å². The van der Waals surface area contributed by atoms with Gasteiger partial charge in [0.05, 0.1) is 5.75 Å². The second-order valence-corrected chi connectivity index (χ2v) is 6.93. The molecule has 0 aromatic carbocycles. The number of nitrogens with one attached hydrogen (secondary N) is 2. The molecule has 0 saturated carbocycles. The first-order valence-corrected chi connectivity index (χ1v) is 7.66. The number of rotatable bonds is 1. The Morgan fingerprint density at radius 1 is 1.21 bits per heavy atom. The third-order valence-corrected chi connectivity index (χ3v) is 5.47. The van der Waals surface area contributed by atoms with Crippen LogP contribution < -0.4 is 11.3 Å². The van der Waals surface area contributed by atoms with Crippen molar-refractivity contribution in [3.8, 4) is 0 Å². The molecule has 0 spiro atoms. The van der Waals surface area contributed by atoms with Crippen molar-refractivity contribution in [2.24, 2.45) is 0 Å². The van der Waals surface area contributed by atoms with E-state index < -0.39 is 20.6 Å². The maximum absolute atomic E-state index is 12.0. The van der Waals surface area contributed by atoms with E-state index in [-0.39, 0.29) is 28.7 Å². The van der Waals surface area contributed by atoms with Gasteiger partial charge < -0.3 is 10.7 Å². The van der Waals surface area contributed by atoms with Gasteiger partial charge in [0.15, 0.2) is 21.0 Å². The highest BCUT2D eigenvalue weighted by molar-refractivity contribution is 7.91. The number of nitrogens with zero attached hydrogens (tertiary/aromatic N) is 2. The zero-order chi connectivity index (χ0) is 13.6. The summed E-state index contributed by atoms with van der Waals surface area (Å²) in [7, 11) is -3.21. The van der Waals surface area contributed by atoms with Crippen LogP contribution in [0.15, 0.2) is 4.79 Å². The van der Waals surface area contributed by atoms with Crippen molar-refractivity contribution in [2.45, 2.75) is 24.5 Å². The van der Waals surface area contributed by atoms with Crippen LogP contribution in [0.4, 0.5) is 5.95 Å². The first-order chi connectivity index (χ1) is 8.97. The molecule has 0 radical (unpaired) electrons. The molecule has 0 bridgehead atoms. The van der Waals surface area contributed by atoms with Crippen LogP contribution in [0.5, 0.6) is 0 Å². The number of anilines is 1. The van der Waals surface area contributed by atoms with Gasteiger partial charge in [-0.1, -0.05) is 6.42 Å². The summed E-state index contributed by atoms with van der Waals surface area (Å²) in [4.78, 5) is 24.8. The van der Waals surface area contributed by atoms with Crippen molar-refractivity contribution in [3.63, 3.8) is 0 Å². The Kier molecular flexibility index (Phi) is 2.59. The van der Waals surface area contributed by atoms with Crippen molar-refractivity contribution in [3.05, 3.63) is 16.2 Å². The highest BCUT2D eigenvalue weighted by Gasteiger charge is 2.33. The minimum Gasteiger partial charge on any atom is -0.369 e. The standard InChI is InChI=1S/C10H13N5O3S/c11-10-14-8-6(9(16)15-10)12-7(13-8)5-3-1-2-4-19(5,17)18/h5H,1-4H2,(H4,11,12,13,14,15,16). The lowest BCUT2D eigenvalue weighted by Crippen LogP contribution is -2.22. The monoisotopic (exact) mass is 283 g/mol. The summed E-state index contributed by atoms with van der Waals surface area (Å²) in [5, 5.41) is -0.684. The molecule has 1 unspecified atom stereocenters. The van der Waals surface area contributed by atoms with Crippen molar-refractivity contribution in [1.82, 2.24) is 19.9 Å². The SMILES string of the molecule is Nc1nc2nc(C3CCCCS3(=O)=O)[nH]c2c(=O)[nH]1.